The summed E-state index contributed by atoms with van der Waals surface area (Å²) >= 11 is 1.49. The fourth-order valence-corrected chi connectivity index (χ4v) is 3.81. The molecule has 0 fully saturated rings. The first-order valence-corrected chi connectivity index (χ1v) is 9.92. The number of carbonyl (C=O) groups is 1. The highest BCUT2D eigenvalue weighted by Crippen LogP contribution is 2.24. The van der Waals surface area contributed by atoms with Gasteiger partial charge in [0.15, 0.2) is 0 Å². The minimum Gasteiger partial charge on any atom is -0.378 e. The van der Waals surface area contributed by atoms with Gasteiger partial charge in [0.2, 0.25) is 5.91 Å². The van der Waals surface area contributed by atoms with Gasteiger partial charge < -0.3 is 9.80 Å². The van der Waals surface area contributed by atoms with Gasteiger partial charge in [0.05, 0.1) is 16.3 Å². The van der Waals surface area contributed by atoms with Gasteiger partial charge in [-0.1, -0.05) is 42.1 Å². The third-order valence-electron chi connectivity index (χ3n) is 4.54. The van der Waals surface area contributed by atoms with Gasteiger partial charge in [0, 0.05) is 38.8 Å². The summed E-state index contributed by atoms with van der Waals surface area (Å²) in [5.41, 5.74) is 4.44. The Balaban J connectivity index is 1.60. The number of rotatable bonds is 6. The predicted octanol–water partition coefficient (Wildman–Crippen LogP) is 4.36. The second kappa shape index (κ2) is 8.44. The van der Waals surface area contributed by atoms with E-state index in [1.54, 1.807) is 4.90 Å². The van der Waals surface area contributed by atoms with Gasteiger partial charge in [-0.2, -0.15) is 0 Å². The number of aromatic nitrogens is 1. The van der Waals surface area contributed by atoms with Crippen LogP contribution in [-0.2, 0) is 11.3 Å². The lowest BCUT2D eigenvalue weighted by molar-refractivity contribution is -0.127. The van der Waals surface area contributed by atoms with E-state index in [9.17, 15) is 4.79 Å². The summed E-state index contributed by atoms with van der Waals surface area (Å²) in [7, 11) is 5.89. The van der Waals surface area contributed by atoms with Crippen molar-refractivity contribution in [2.75, 3.05) is 31.8 Å². The van der Waals surface area contributed by atoms with Crippen LogP contribution >= 0.6 is 11.8 Å². The fourth-order valence-electron chi connectivity index (χ4n) is 2.90. The number of hydrogen-bond donors (Lipinski definition) is 0. The number of anilines is 1. The topological polar surface area (TPSA) is 36.4 Å². The van der Waals surface area contributed by atoms with Crippen LogP contribution in [0, 0.1) is 6.92 Å². The molecule has 0 N–H and O–H groups in total. The van der Waals surface area contributed by atoms with Crippen molar-refractivity contribution in [2.24, 2.45) is 0 Å². The molecule has 0 saturated carbocycles. The summed E-state index contributed by atoms with van der Waals surface area (Å²) < 4.78 is 0. The van der Waals surface area contributed by atoms with Crippen molar-refractivity contribution in [3.8, 4) is 0 Å². The molecule has 0 atom stereocenters. The molecule has 0 spiro atoms. The Hall–Kier alpha value is -2.53. The minimum atomic E-state index is 0.101. The molecule has 27 heavy (non-hydrogen) atoms. The zero-order valence-electron chi connectivity index (χ0n) is 16.3. The molecule has 0 radical (unpaired) electrons. The standard InChI is InChI=1S/C22H25N3OS/c1-16-13-21(23-20-8-6-5-7-19(16)20)27-15-22(26)25(4)14-17-9-11-18(12-10-17)24(2)3/h5-13H,14-15H2,1-4H3. The maximum Gasteiger partial charge on any atom is 0.233 e. The molecule has 0 aliphatic carbocycles. The molecule has 0 unspecified atom stereocenters. The molecular formula is C22H25N3OS. The van der Waals surface area contributed by atoms with Crippen LogP contribution in [0.2, 0.25) is 0 Å². The van der Waals surface area contributed by atoms with Crippen LogP contribution in [0.5, 0.6) is 0 Å². The molecular weight excluding hydrogens is 354 g/mol. The predicted molar refractivity (Wildman–Crippen MR) is 114 cm³/mol. The number of amides is 1. The molecule has 0 bridgehead atoms. The van der Waals surface area contributed by atoms with E-state index in [1.807, 2.05) is 39.3 Å². The number of benzene rings is 2. The highest BCUT2D eigenvalue weighted by Gasteiger charge is 2.11. The van der Waals surface area contributed by atoms with Gasteiger partial charge in [-0.3, -0.25) is 4.79 Å². The Bertz CT molecular complexity index is 938. The number of pyridine rings is 1. The lowest BCUT2D eigenvalue weighted by Crippen LogP contribution is -2.27. The van der Waals surface area contributed by atoms with Gasteiger partial charge in [-0.15, -0.1) is 0 Å². The van der Waals surface area contributed by atoms with Crippen LogP contribution in [-0.4, -0.2) is 42.7 Å². The fraction of sp³-hybridized carbons (Fsp3) is 0.273. The van der Waals surface area contributed by atoms with Gasteiger partial charge in [0.1, 0.15) is 0 Å². The van der Waals surface area contributed by atoms with E-state index in [1.165, 1.54) is 17.3 Å². The van der Waals surface area contributed by atoms with Crippen LogP contribution in [0.15, 0.2) is 59.6 Å². The molecule has 0 aliphatic heterocycles. The number of nitrogens with zero attached hydrogens (tertiary/aromatic N) is 3. The SMILES string of the molecule is Cc1cc(SCC(=O)N(C)Cc2ccc(N(C)C)cc2)nc2ccccc12. The molecule has 0 aliphatic rings. The van der Waals surface area contributed by atoms with E-state index in [0.717, 1.165) is 27.2 Å². The van der Waals surface area contributed by atoms with Crippen molar-refractivity contribution in [3.05, 3.63) is 65.7 Å². The van der Waals surface area contributed by atoms with Crippen molar-refractivity contribution in [1.82, 2.24) is 9.88 Å². The number of fused-ring (bicyclic) bond motifs is 1. The Kier molecular flexibility index (Phi) is 6.01. The largest absolute Gasteiger partial charge is 0.378 e. The van der Waals surface area contributed by atoms with Crippen molar-refractivity contribution in [2.45, 2.75) is 18.5 Å². The van der Waals surface area contributed by atoms with E-state index in [2.05, 4.69) is 53.2 Å². The summed E-state index contributed by atoms with van der Waals surface area (Å²) in [5, 5.41) is 2.05. The number of para-hydroxylation sites is 1. The summed E-state index contributed by atoms with van der Waals surface area (Å²) in [6, 6.07) is 18.4. The summed E-state index contributed by atoms with van der Waals surface area (Å²) in [6.07, 6.45) is 0. The first kappa shape index (κ1) is 19.2. The van der Waals surface area contributed by atoms with Crippen LogP contribution < -0.4 is 4.90 Å². The number of aryl methyl sites for hydroxylation is 1. The van der Waals surface area contributed by atoms with Crippen LogP contribution in [0.4, 0.5) is 5.69 Å². The quantitative estimate of drug-likeness (QED) is 0.596. The van der Waals surface area contributed by atoms with Gasteiger partial charge in [-0.25, -0.2) is 4.98 Å². The number of hydrogen-bond acceptors (Lipinski definition) is 4. The molecule has 0 saturated heterocycles. The molecule has 1 heterocycles. The van der Waals surface area contributed by atoms with Crippen molar-refractivity contribution in [3.63, 3.8) is 0 Å². The van der Waals surface area contributed by atoms with Crippen LogP contribution in [0.1, 0.15) is 11.1 Å². The first-order chi connectivity index (χ1) is 12.9. The smallest absolute Gasteiger partial charge is 0.233 e. The average Bonchev–Trinajstić information content (AvgIpc) is 2.66. The Morgan fingerprint density at radius 2 is 1.74 bits per heavy atom. The number of thioether (sulfide) groups is 1. The van der Waals surface area contributed by atoms with E-state index in [0.29, 0.717) is 12.3 Å². The van der Waals surface area contributed by atoms with Crippen LogP contribution in [0.25, 0.3) is 10.9 Å². The molecule has 4 nitrogen and oxygen atoms in total. The van der Waals surface area contributed by atoms with Crippen molar-refractivity contribution < 1.29 is 4.79 Å². The molecule has 5 heteroatoms. The second-order valence-corrected chi connectivity index (χ2v) is 7.89. The second-order valence-electron chi connectivity index (χ2n) is 6.89. The van der Waals surface area contributed by atoms with Crippen LogP contribution in [0.3, 0.4) is 0 Å². The maximum absolute atomic E-state index is 12.5. The van der Waals surface area contributed by atoms with Gasteiger partial charge in [0.25, 0.3) is 0 Å². The molecule has 3 aromatic rings. The lowest BCUT2D eigenvalue weighted by atomic mass is 10.1. The normalized spacial score (nSPS) is 10.8. The number of carbonyl (C=O) groups excluding carboxylic acids is 1. The van der Waals surface area contributed by atoms with E-state index in [-0.39, 0.29) is 5.91 Å². The maximum atomic E-state index is 12.5. The Labute approximate surface area is 165 Å². The summed E-state index contributed by atoms with van der Waals surface area (Å²) in [6.45, 7) is 2.69. The highest BCUT2D eigenvalue weighted by atomic mass is 32.2. The average molecular weight is 380 g/mol. The first-order valence-electron chi connectivity index (χ1n) is 8.93. The van der Waals surface area contributed by atoms with E-state index in [4.69, 9.17) is 0 Å². The third kappa shape index (κ3) is 4.80. The third-order valence-corrected chi connectivity index (χ3v) is 5.44. The minimum absolute atomic E-state index is 0.101. The molecule has 3 rings (SSSR count). The summed E-state index contributed by atoms with van der Waals surface area (Å²) in [4.78, 5) is 21.0. The Morgan fingerprint density at radius 1 is 1.04 bits per heavy atom. The monoisotopic (exact) mass is 379 g/mol. The van der Waals surface area contributed by atoms with E-state index < -0.39 is 0 Å². The molecule has 1 amide bonds. The molecule has 2 aromatic carbocycles. The zero-order valence-corrected chi connectivity index (χ0v) is 17.1. The lowest BCUT2D eigenvalue weighted by Gasteiger charge is -2.18. The Morgan fingerprint density at radius 3 is 2.44 bits per heavy atom. The zero-order chi connectivity index (χ0) is 19.4. The van der Waals surface area contributed by atoms with E-state index >= 15 is 0 Å². The van der Waals surface area contributed by atoms with Crippen molar-refractivity contribution in [1.29, 1.82) is 0 Å². The van der Waals surface area contributed by atoms with Gasteiger partial charge in [-0.05, 0) is 42.3 Å². The highest BCUT2D eigenvalue weighted by molar-refractivity contribution is 7.99. The van der Waals surface area contributed by atoms with Gasteiger partial charge >= 0.3 is 0 Å². The molecule has 140 valence electrons. The van der Waals surface area contributed by atoms with Crippen molar-refractivity contribution >= 4 is 34.3 Å². The summed E-state index contributed by atoms with van der Waals surface area (Å²) in [5.74, 6) is 0.487. The molecule has 1 aromatic heterocycles.